The summed E-state index contributed by atoms with van der Waals surface area (Å²) >= 11 is 0. The number of furan rings is 1. The third kappa shape index (κ3) is 3.34. The SMILES string of the molecule is Cl.O=C(CC1COCCN1)c1ccco1. The molecule has 0 bridgehead atoms. The van der Waals surface area contributed by atoms with Crippen LogP contribution in [0.3, 0.4) is 0 Å². The molecule has 1 atom stereocenters. The van der Waals surface area contributed by atoms with Gasteiger partial charge in [0.2, 0.25) is 0 Å². The zero-order valence-corrected chi connectivity index (χ0v) is 9.09. The molecule has 0 spiro atoms. The van der Waals surface area contributed by atoms with E-state index >= 15 is 0 Å². The lowest BCUT2D eigenvalue weighted by atomic mass is 10.1. The van der Waals surface area contributed by atoms with E-state index in [4.69, 9.17) is 9.15 Å². The van der Waals surface area contributed by atoms with E-state index in [2.05, 4.69) is 5.32 Å². The van der Waals surface area contributed by atoms with Gasteiger partial charge in [-0.2, -0.15) is 0 Å². The zero-order valence-electron chi connectivity index (χ0n) is 8.27. The second-order valence-electron chi connectivity index (χ2n) is 3.33. The van der Waals surface area contributed by atoms with Crippen LogP contribution >= 0.6 is 12.4 Å². The van der Waals surface area contributed by atoms with Crippen LogP contribution in [0.4, 0.5) is 0 Å². The lowest BCUT2D eigenvalue weighted by Gasteiger charge is -2.22. The number of carbonyl (C=O) groups excluding carboxylic acids is 1. The predicted molar refractivity (Wildman–Crippen MR) is 57.5 cm³/mol. The molecular weight excluding hydrogens is 218 g/mol. The number of nitrogens with one attached hydrogen (secondary N) is 1. The van der Waals surface area contributed by atoms with Crippen LogP contribution in [0.5, 0.6) is 0 Å². The average molecular weight is 232 g/mol. The van der Waals surface area contributed by atoms with Crippen molar-refractivity contribution in [3.05, 3.63) is 24.2 Å². The Labute approximate surface area is 94.4 Å². The maximum Gasteiger partial charge on any atom is 0.199 e. The Morgan fingerprint density at radius 2 is 2.47 bits per heavy atom. The molecule has 15 heavy (non-hydrogen) atoms. The molecule has 0 saturated carbocycles. The summed E-state index contributed by atoms with van der Waals surface area (Å²) in [5, 5.41) is 3.22. The van der Waals surface area contributed by atoms with Gasteiger partial charge in [-0.3, -0.25) is 4.79 Å². The van der Waals surface area contributed by atoms with Crippen LogP contribution in [0.15, 0.2) is 22.8 Å². The summed E-state index contributed by atoms with van der Waals surface area (Å²) in [6.07, 6.45) is 1.95. The van der Waals surface area contributed by atoms with Crippen molar-refractivity contribution in [3.63, 3.8) is 0 Å². The van der Waals surface area contributed by atoms with Crippen molar-refractivity contribution in [2.75, 3.05) is 19.8 Å². The van der Waals surface area contributed by atoms with E-state index < -0.39 is 0 Å². The van der Waals surface area contributed by atoms with Crippen molar-refractivity contribution >= 4 is 18.2 Å². The maximum absolute atomic E-state index is 11.6. The molecule has 0 aromatic carbocycles. The minimum atomic E-state index is 0. The molecular formula is C10H14ClNO3. The van der Waals surface area contributed by atoms with Crippen molar-refractivity contribution in [3.8, 4) is 0 Å². The highest BCUT2D eigenvalue weighted by atomic mass is 35.5. The van der Waals surface area contributed by atoms with E-state index in [0.29, 0.717) is 18.8 Å². The van der Waals surface area contributed by atoms with E-state index in [0.717, 1.165) is 13.2 Å². The van der Waals surface area contributed by atoms with E-state index in [1.807, 2.05) is 0 Å². The first-order valence-corrected chi connectivity index (χ1v) is 4.74. The van der Waals surface area contributed by atoms with Crippen LogP contribution < -0.4 is 5.32 Å². The summed E-state index contributed by atoms with van der Waals surface area (Å²) in [6.45, 7) is 2.15. The van der Waals surface area contributed by atoms with Crippen molar-refractivity contribution in [2.45, 2.75) is 12.5 Å². The van der Waals surface area contributed by atoms with Crippen molar-refractivity contribution in [1.29, 1.82) is 0 Å². The van der Waals surface area contributed by atoms with Crippen LogP contribution in [-0.4, -0.2) is 31.6 Å². The van der Waals surface area contributed by atoms with Crippen LogP contribution in [0.1, 0.15) is 17.0 Å². The van der Waals surface area contributed by atoms with Crippen LogP contribution in [0.25, 0.3) is 0 Å². The number of rotatable bonds is 3. The molecule has 4 nitrogen and oxygen atoms in total. The highest BCUT2D eigenvalue weighted by Crippen LogP contribution is 2.07. The fourth-order valence-corrected chi connectivity index (χ4v) is 1.51. The van der Waals surface area contributed by atoms with E-state index in [1.165, 1.54) is 6.26 Å². The second kappa shape index (κ2) is 5.90. The lowest BCUT2D eigenvalue weighted by molar-refractivity contribution is 0.0665. The van der Waals surface area contributed by atoms with Gasteiger partial charge < -0.3 is 14.5 Å². The standard InChI is InChI=1S/C10H13NO3.ClH/c12-9(10-2-1-4-14-10)6-8-7-13-5-3-11-8;/h1-2,4,8,11H,3,5-7H2;1H. The van der Waals surface area contributed by atoms with Crippen molar-refractivity contribution < 1.29 is 13.9 Å². The van der Waals surface area contributed by atoms with Crippen molar-refractivity contribution in [2.24, 2.45) is 0 Å². The molecule has 1 N–H and O–H groups in total. The number of carbonyl (C=O) groups is 1. The number of halogens is 1. The molecule has 0 amide bonds. The predicted octanol–water partition coefficient (Wildman–Crippen LogP) is 1.26. The van der Waals surface area contributed by atoms with Gasteiger partial charge in [0.05, 0.1) is 19.5 Å². The summed E-state index contributed by atoms with van der Waals surface area (Å²) in [5.74, 6) is 0.454. The van der Waals surface area contributed by atoms with Gasteiger partial charge in [-0.05, 0) is 12.1 Å². The highest BCUT2D eigenvalue weighted by Gasteiger charge is 2.18. The molecule has 1 aliphatic heterocycles. The van der Waals surface area contributed by atoms with Gasteiger partial charge >= 0.3 is 0 Å². The van der Waals surface area contributed by atoms with Gasteiger partial charge in [0.1, 0.15) is 0 Å². The van der Waals surface area contributed by atoms with Gasteiger partial charge in [0.25, 0.3) is 0 Å². The Morgan fingerprint density at radius 3 is 3.07 bits per heavy atom. The van der Waals surface area contributed by atoms with Crippen molar-refractivity contribution in [1.82, 2.24) is 5.32 Å². The van der Waals surface area contributed by atoms with Crippen LogP contribution in [0, 0.1) is 0 Å². The Kier molecular flexibility index (Phi) is 4.81. The number of Topliss-reactive ketones (excluding diaryl/α,β-unsaturated/α-hetero) is 1. The quantitative estimate of drug-likeness (QED) is 0.796. The number of hydrogen-bond donors (Lipinski definition) is 1. The smallest absolute Gasteiger partial charge is 0.199 e. The van der Waals surface area contributed by atoms with E-state index in [-0.39, 0.29) is 24.2 Å². The van der Waals surface area contributed by atoms with E-state index in [9.17, 15) is 4.79 Å². The first kappa shape index (κ1) is 12.2. The lowest BCUT2D eigenvalue weighted by Crippen LogP contribution is -2.42. The summed E-state index contributed by atoms with van der Waals surface area (Å²) < 4.78 is 10.3. The van der Waals surface area contributed by atoms with Gasteiger partial charge in [-0.15, -0.1) is 12.4 Å². The number of morpholine rings is 1. The fraction of sp³-hybridized carbons (Fsp3) is 0.500. The normalized spacial score (nSPS) is 20.7. The van der Waals surface area contributed by atoms with E-state index in [1.54, 1.807) is 12.1 Å². The van der Waals surface area contributed by atoms with Crippen LogP contribution in [-0.2, 0) is 4.74 Å². The van der Waals surface area contributed by atoms with Crippen LogP contribution in [0.2, 0.25) is 0 Å². The first-order valence-electron chi connectivity index (χ1n) is 4.74. The van der Waals surface area contributed by atoms with Gasteiger partial charge in [-0.1, -0.05) is 0 Å². The monoisotopic (exact) mass is 231 g/mol. The molecule has 2 rings (SSSR count). The molecule has 0 radical (unpaired) electrons. The van der Waals surface area contributed by atoms with Gasteiger partial charge in [-0.25, -0.2) is 0 Å². The number of ketones is 1. The Bertz CT molecular complexity index is 294. The largest absolute Gasteiger partial charge is 0.461 e. The average Bonchev–Trinajstić information content (AvgIpc) is 2.72. The molecule has 0 aliphatic carbocycles. The Hall–Kier alpha value is -0.840. The molecule has 1 aromatic rings. The molecule has 1 saturated heterocycles. The summed E-state index contributed by atoms with van der Waals surface area (Å²) in [6, 6.07) is 3.53. The third-order valence-electron chi connectivity index (χ3n) is 2.23. The molecule has 5 heteroatoms. The Balaban J connectivity index is 0.00000112. The molecule has 1 aliphatic rings. The topological polar surface area (TPSA) is 51.5 Å². The number of hydrogen-bond acceptors (Lipinski definition) is 4. The molecule has 2 heterocycles. The minimum absolute atomic E-state index is 0. The molecule has 1 unspecified atom stereocenters. The third-order valence-corrected chi connectivity index (χ3v) is 2.23. The zero-order chi connectivity index (χ0) is 9.80. The molecule has 1 aromatic heterocycles. The Morgan fingerprint density at radius 1 is 1.60 bits per heavy atom. The number of ether oxygens (including phenoxy) is 1. The molecule has 1 fully saturated rings. The highest BCUT2D eigenvalue weighted by molar-refractivity contribution is 5.93. The summed E-state index contributed by atoms with van der Waals surface area (Å²) in [7, 11) is 0. The molecule has 84 valence electrons. The first-order chi connectivity index (χ1) is 6.86. The second-order valence-corrected chi connectivity index (χ2v) is 3.33. The van der Waals surface area contributed by atoms with Gasteiger partial charge in [0, 0.05) is 19.0 Å². The maximum atomic E-state index is 11.6. The minimum Gasteiger partial charge on any atom is -0.461 e. The van der Waals surface area contributed by atoms with Gasteiger partial charge in [0.15, 0.2) is 11.5 Å². The fourth-order valence-electron chi connectivity index (χ4n) is 1.51. The summed E-state index contributed by atoms with van der Waals surface area (Å²) in [4.78, 5) is 11.6. The summed E-state index contributed by atoms with van der Waals surface area (Å²) in [5.41, 5.74) is 0.